The van der Waals surface area contributed by atoms with Crippen molar-refractivity contribution in [2.75, 3.05) is 27.4 Å². The van der Waals surface area contributed by atoms with Gasteiger partial charge in [0.2, 0.25) is 0 Å². The van der Waals surface area contributed by atoms with Gasteiger partial charge in [-0.05, 0) is 43.0 Å². The Labute approximate surface area is 204 Å². The minimum atomic E-state index is -0.720. The molecule has 0 saturated carbocycles. The maximum absolute atomic E-state index is 13.6. The molecule has 2 aromatic rings. The molecule has 0 N–H and O–H groups in total. The Kier molecular flexibility index (Phi) is 7.49. The van der Waals surface area contributed by atoms with Gasteiger partial charge in [0.05, 0.1) is 13.7 Å². The molecule has 0 amide bonds. The van der Waals surface area contributed by atoms with Crippen molar-refractivity contribution in [2.24, 2.45) is 10.9 Å². The zero-order chi connectivity index (χ0) is 24.2. The van der Waals surface area contributed by atoms with Crippen LogP contribution in [0, 0.1) is 5.92 Å². The number of halogens is 1. The number of hydrogen-bond acceptors (Lipinski definition) is 6. The molecule has 1 aliphatic carbocycles. The Morgan fingerprint density at radius 1 is 1.06 bits per heavy atom. The number of ketones is 1. The number of ether oxygens (including phenoxy) is 3. The highest BCUT2D eigenvalue weighted by molar-refractivity contribution is 6.30. The van der Waals surface area contributed by atoms with Gasteiger partial charge in [0.25, 0.3) is 0 Å². The zero-order valence-corrected chi connectivity index (χ0v) is 20.3. The van der Waals surface area contributed by atoms with Crippen molar-refractivity contribution in [1.82, 2.24) is 0 Å². The van der Waals surface area contributed by atoms with E-state index >= 15 is 0 Å². The highest BCUT2D eigenvalue weighted by Crippen LogP contribution is 2.48. The summed E-state index contributed by atoms with van der Waals surface area (Å²) in [5.74, 6) is -1.06. The number of carbonyl (C=O) groups excluding carboxylic acids is 2. The first kappa shape index (κ1) is 24.2. The Hall–Kier alpha value is -2.96. The minimum Gasteiger partial charge on any atom is -0.496 e. The van der Waals surface area contributed by atoms with Crippen molar-refractivity contribution >= 4 is 29.1 Å². The summed E-state index contributed by atoms with van der Waals surface area (Å²) in [5.41, 5.74) is 3.76. The van der Waals surface area contributed by atoms with Gasteiger partial charge in [-0.2, -0.15) is 0 Å². The summed E-state index contributed by atoms with van der Waals surface area (Å²) in [4.78, 5) is 31.6. The smallest absolute Gasteiger partial charge is 0.315 e. The lowest BCUT2D eigenvalue weighted by molar-refractivity contribution is -0.147. The van der Waals surface area contributed by atoms with Crippen LogP contribution in [0.15, 0.2) is 64.8 Å². The van der Waals surface area contributed by atoms with Crippen LogP contribution in [0.25, 0.3) is 0 Å². The summed E-state index contributed by atoms with van der Waals surface area (Å²) in [7, 11) is 3.14. The molecule has 0 aromatic heterocycles. The van der Waals surface area contributed by atoms with Gasteiger partial charge in [-0.1, -0.05) is 41.9 Å². The third-order valence-corrected chi connectivity index (χ3v) is 6.74. The summed E-state index contributed by atoms with van der Waals surface area (Å²) in [6.45, 7) is 2.25. The number of para-hydroxylation sites is 1. The Bertz CT molecular complexity index is 1140. The van der Waals surface area contributed by atoms with E-state index in [1.54, 1.807) is 14.2 Å². The monoisotopic (exact) mass is 481 g/mol. The van der Waals surface area contributed by atoms with E-state index in [0.717, 1.165) is 16.8 Å². The number of benzene rings is 2. The Morgan fingerprint density at radius 2 is 1.79 bits per heavy atom. The SMILES string of the molecule is COCCOC(=O)C1C(C)=NC2=C(C(=O)C[C@H](c3ccc(Cl)cc3)C2)[C@@H]1c1ccccc1OC. The average molecular weight is 482 g/mol. The fraction of sp³-hybridized carbons (Fsp3) is 0.370. The molecular formula is C27H28ClNO5. The molecule has 3 atom stereocenters. The molecule has 6 nitrogen and oxygen atoms in total. The van der Waals surface area contributed by atoms with E-state index in [4.69, 9.17) is 30.8 Å². The lowest BCUT2D eigenvalue weighted by atomic mass is 9.69. The van der Waals surface area contributed by atoms with E-state index in [0.29, 0.717) is 41.5 Å². The lowest BCUT2D eigenvalue weighted by Gasteiger charge is -2.37. The second-order valence-corrected chi connectivity index (χ2v) is 8.99. The second kappa shape index (κ2) is 10.5. The van der Waals surface area contributed by atoms with E-state index in [-0.39, 0.29) is 18.3 Å². The molecule has 1 unspecified atom stereocenters. The summed E-state index contributed by atoms with van der Waals surface area (Å²) < 4.78 is 16.1. The first-order chi connectivity index (χ1) is 16.4. The highest BCUT2D eigenvalue weighted by Gasteiger charge is 2.45. The van der Waals surface area contributed by atoms with Crippen molar-refractivity contribution in [3.63, 3.8) is 0 Å². The number of hydrogen-bond donors (Lipinski definition) is 0. The largest absolute Gasteiger partial charge is 0.496 e. The molecule has 2 aromatic carbocycles. The standard InChI is InChI=1S/C27H28ClNO5/c1-16-24(27(31)34-13-12-32-2)25(20-6-4-5-7-23(20)33-3)26-21(29-16)14-18(15-22(26)30)17-8-10-19(28)11-9-17/h4-11,18,24-25H,12-15H2,1-3H3/t18-,24?,25-/m1/s1. The normalized spacial score (nSPS) is 22.2. The van der Waals surface area contributed by atoms with Crippen LogP contribution in [0.1, 0.15) is 42.7 Å². The number of aliphatic imine (C=N–C) groups is 1. The van der Waals surface area contributed by atoms with E-state index in [2.05, 4.69) is 0 Å². The van der Waals surface area contributed by atoms with Crippen LogP contribution in [0.2, 0.25) is 5.02 Å². The van der Waals surface area contributed by atoms with E-state index < -0.39 is 17.8 Å². The predicted octanol–water partition coefficient (Wildman–Crippen LogP) is 5.11. The van der Waals surface area contributed by atoms with Gasteiger partial charge < -0.3 is 14.2 Å². The molecule has 0 fully saturated rings. The number of rotatable bonds is 7. The fourth-order valence-electron chi connectivity index (χ4n) is 4.91. The summed E-state index contributed by atoms with van der Waals surface area (Å²) >= 11 is 6.05. The molecule has 178 valence electrons. The molecule has 34 heavy (non-hydrogen) atoms. The van der Waals surface area contributed by atoms with Crippen molar-refractivity contribution in [3.8, 4) is 5.75 Å². The van der Waals surface area contributed by atoms with Gasteiger partial charge in [0, 0.05) is 47.0 Å². The van der Waals surface area contributed by atoms with Gasteiger partial charge in [-0.15, -0.1) is 0 Å². The molecule has 7 heteroatoms. The van der Waals surface area contributed by atoms with Gasteiger partial charge in [0.1, 0.15) is 18.3 Å². The quantitative estimate of drug-likeness (QED) is 0.405. The molecule has 0 radical (unpaired) electrons. The van der Waals surface area contributed by atoms with Crippen LogP contribution in [-0.2, 0) is 19.1 Å². The van der Waals surface area contributed by atoms with Gasteiger partial charge in [0.15, 0.2) is 5.78 Å². The van der Waals surface area contributed by atoms with Crippen molar-refractivity contribution < 1.29 is 23.8 Å². The van der Waals surface area contributed by atoms with Gasteiger partial charge >= 0.3 is 5.97 Å². The average Bonchev–Trinajstić information content (AvgIpc) is 2.83. The second-order valence-electron chi connectivity index (χ2n) is 8.55. The molecule has 2 aliphatic rings. The van der Waals surface area contributed by atoms with E-state index in [1.807, 2.05) is 55.5 Å². The molecular weight excluding hydrogens is 454 g/mol. The maximum Gasteiger partial charge on any atom is 0.315 e. The number of esters is 1. The van der Waals surface area contributed by atoms with Gasteiger partial charge in [-0.25, -0.2) is 0 Å². The molecule has 0 spiro atoms. The third-order valence-electron chi connectivity index (χ3n) is 6.49. The summed E-state index contributed by atoms with van der Waals surface area (Å²) in [6.07, 6.45) is 0.948. The molecule has 0 saturated heterocycles. The van der Waals surface area contributed by atoms with Crippen LogP contribution < -0.4 is 4.74 Å². The van der Waals surface area contributed by atoms with Crippen LogP contribution in [0.3, 0.4) is 0 Å². The van der Waals surface area contributed by atoms with Crippen molar-refractivity contribution in [1.29, 1.82) is 0 Å². The number of carbonyl (C=O) groups is 2. The first-order valence-electron chi connectivity index (χ1n) is 11.3. The number of methoxy groups -OCH3 is 2. The van der Waals surface area contributed by atoms with Gasteiger partial charge in [-0.3, -0.25) is 14.6 Å². The minimum absolute atomic E-state index is 0.00332. The van der Waals surface area contributed by atoms with Crippen LogP contribution in [-0.4, -0.2) is 44.9 Å². The molecule has 1 heterocycles. The number of allylic oxidation sites excluding steroid dienone is 2. The molecule has 0 bridgehead atoms. The van der Waals surface area contributed by atoms with E-state index in [1.165, 1.54) is 0 Å². The third kappa shape index (κ3) is 4.79. The topological polar surface area (TPSA) is 74.2 Å². The lowest BCUT2D eigenvalue weighted by Crippen LogP contribution is -2.38. The number of nitrogens with zero attached hydrogens (tertiary/aromatic N) is 1. The summed E-state index contributed by atoms with van der Waals surface area (Å²) in [5, 5.41) is 0.656. The number of Topliss-reactive ketones (excluding diaryl/α,β-unsaturated/α-hetero) is 1. The first-order valence-corrected chi connectivity index (χ1v) is 11.7. The highest BCUT2D eigenvalue weighted by atomic mass is 35.5. The zero-order valence-electron chi connectivity index (χ0n) is 19.5. The Morgan fingerprint density at radius 3 is 2.50 bits per heavy atom. The van der Waals surface area contributed by atoms with Crippen molar-refractivity contribution in [2.45, 2.75) is 31.6 Å². The fourth-order valence-corrected chi connectivity index (χ4v) is 5.04. The maximum atomic E-state index is 13.6. The summed E-state index contributed by atoms with van der Waals surface area (Å²) in [6, 6.07) is 15.1. The predicted molar refractivity (Wildman–Crippen MR) is 131 cm³/mol. The molecule has 1 aliphatic heterocycles. The van der Waals surface area contributed by atoms with Crippen LogP contribution >= 0.6 is 11.6 Å². The molecule has 4 rings (SSSR count). The van der Waals surface area contributed by atoms with E-state index in [9.17, 15) is 9.59 Å². The van der Waals surface area contributed by atoms with Crippen molar-refractivity contribution in [3.05, 3.63) is 76.0 Å². The van der Waals surface area contributed by atoms with Crippen LogP contribution in [0.4, 0.5) is 0 Å². The Balaban J connectivity index is 1.77. The van der Waals surface area contributed by atoms with Crippen LogP contribution in [0.5, 0.6) is 5.75 Å².